The number of hydrogen-bond acceptors (Lipinski definition) is 4. The molecule has 1 unspecified atom stereocenters. The standard InChI is InChI=1S/C8H13NO4.Li/c1-13-5-8(7(11)12)3-2-4-9-6(8)10;/h2-5H2,1H3,(H,9,10)(H,11,12);/q;+1/p-1. The maximum absolute atomic E-state index is 11.3. The van der Waals surface area contributed by atoms with Crippen LogP contribution in [-0.2, 0) is 14.3 Å². The third-order valence-electron chi connectivity index (χ3n) is 2.28. The summed E-state index contributed by atoms with van der Waals surface area (Å²) in [6.45, 7) is 0.402. The predicted octanol–water partition coefficient (Wildman–Crippen LogP) is -4.72. The molecule has 1 aliphatic heterocycles. The molecule has 0 aromatic carbocycles. The second kappa shape index (κ2) is 5.40. The van der Waals surface area contributed by atoms with Crippen LogP contribution in [0.15, 0.2) is 0 Å². The Balaban J connectivity index is 0.00000169. The van der Waals surface area contributed by atoms with Gasteiger partial charge >= 0.3 is 18.9 Å². The van der Waals surface area contributed by atoms with E-state index in [0.717, 1.165) is 0 Å². The number of nitrogens with one attached hydrogen (secondary N) is 1. The molecule has 1 fully saturated rings. The monoisotopic (exact) mass is 193 g/mol. The number of carbonyl (C=O) groups is 2. The van der Waals surface area contributed by atoms with Gasteiger partial charge in [-0.05, 0) is 12.8 Å². The van der Waals surface area contributed by atoms with E-state index in [1.165, 1.54) is 7.11 Å². The molecule has 5 nitrogen and oxygen atoms in total. The summed E-state index contributed by atoms with van der Waals surface area (Å²) in [5, 5.41) is 13.3. The third kappa shape index (κ3) is 2.29. The van der Waals surface area contributed by atoms with Crippen molar-refractivity contribution < 1.29 is 38.3 Å². The zero-order valence-corrected chi connectivity index (χ0v) is 8.46. The van der Waals surface area contributed by atoms with E-state index in [1.807, 2.05) is 0 Å². The number of rotatable bonds is 3. The Labute approximate surface area is 94.4 Å². The Bertz CT molecular complexity index is 229. The number of aliphatic carboxylic acids is 1. The zero-order chi connectivity index (χ0) is 9.90. The molecule has 1 aliphatic rings. The number of carboxylic acid groups (broad SMARTS) is 1. The summed E-state index contributed by atoms with van der Waals surface area (Å²) in [5.41, 5.74) is -1.48. The largest absolute Gasteiger partial charge is 1.00 e. The van der Waals surface area contributed by atoms with Gasteiger partial charge in [0, 0.05) is 13.7 Å². The van der Waals surface area contributed by atoms with Gasteiger partial charge in [0.2, 0.25) is 5.91 Å². The smallest absolute Gasteiger partial charge is 0.549 e. The molecule has 0 aromatic rings. The van der Waals surface area contributed by atoms with Crippen LogP contribution in [-0.4, -0.2) is 32.1 Å². The number of amides is 1. The molecule has 1 saturated heterocycles. The average Bonchev–Trinajstić information content (AvgIpc) is 2.09. The Hall–Kier alpha value is -0.503. The van der Waals surface area contributed by atoms with Crippen LogP contribution >= 0.6 is 0 Å². The summed E-state index contributed by atoms with van der Waals surface area (Å²) in [4.78, 5) is 22.2. The van der Waals surface area contributed by atoms with Crippen LogP contribution in [0.1, 0.15) is 12.8 Å². The van der Waals surface area contributed by atoms with E-state index in [2.05, 4.69) is 5.32 Å². The van der Waals surface area contributed by atoms with Crippen LogP contribution in [0.4, 0.5) is 0 Å². The fourth-order valence-corrected chi connectivity index (χ4v) is 1.51. The SMILES string of the molecule is COCC1(C(=O)[O-])CCCNC1=O.[Li+]. The number of carboxylic acids is 1. The summed E-state index contributed by atoms with van der Waals surface area (Å²) < 4.78 is 4.73. The molecular formula is C8H12LiNO4. The van der Waals surface area contributed by atoms with Gasteiger partial charge in [-0.15, -0.1) is 0 Å². The average molecular weight is 193 g/mol. The molecule has 0 saturated carbocycles. The van der Waals surface area contributed by atoms with Crippen LogP contribution in [0, 0.1) is 5.41 Å². The molecule has 0 aliphatic carbocycles. The first-order chi connectivity index (χ1) is 6.13. The van der Waals surface area contributed by atoms with Gasteiger partial charge in [0.25, 0.3) is 0 Å². The summed E-state index contributed by atoms with van der Waals surface area (Å²) in [5.74, 6) is -1.85. The summed E-state index contributed by atoms with van der Waals surface area (Å²) >= 11 is 0. The van der Waals surface area contributed by atoms with E-state index < -0.39 is 17.3 Å². The Morgan fingerprint density at radius 2 is 2.36 bits per heavy atom. The minimum Gasteiger partial charge on any atom is -0.549 e. The van der Waals surface area contributed by atoms with Crippen molar-refractivity contribution in [1.29, 1.82) is 0 Å². The van der Waals surface area contributed by atoms with Gasteiger partial charge in [0.15, 0.2) is 0 Å². The molecular weight excluding hydrogens is 181 g/mol. The minimum atomic E-state index is -1.48. The summed E-state index contributed by atoms with van der Waals surface area (Å²) in [7, 11) is 1.37. The molecule has 1 rings (SSSR count). The number of carbonyl (C=O) groups excluding carboxylic acids is 2. The fourth-order valence-electron chi connectivity index (χ4n) is 1.51. The Kier molecular flexibility index (Phi) is 5.20. The van der Waals surface area contributed by atoms with Crippen molar-refractivity contribution in [3.8, 4) is 0 Å². The summed E-state index contributed by atoms with van der Waals surface area (Å²) in [6, 6.07) is 0. The summed E-state index contributed by atoms with van der Waals surface area (Å²) in [6.07, 6.45) is 0.929. The van der Waals surface area contributed by atoms with Crippen molar-refractivity contribution in [2.75, 3.05) is 20.3 Å². The quantitative estimate of drug-likeness (QED) is 0.361. The molecule has 1 heterocycles. The topological polar surface area (TPSA) is 78.5 Å². The van der Waals surface area contributed by atoms with Crippen molar-refractivity contribution in [2.24, 2.45) is 5.41 Å². The zero-order valence-electron chi connectivity index (χ0n) is 8.46. The molecule has 1 N–H and O–H groups in total. The van der Waals surface area contributed by atoms with E-state index in [1.54, 1.807) is 0 Å². The van der Waals surface area contributed by atoms with E-state index in [9.17, 15) is 14.7 Å². The van der Waals surface area contributed by atoms with Crippen LogP contribution in [0.3, 0.4) is 0 Å². The van der Waals surface area contributed by atoms with Crippen molar-refractivity contribution in [3.05, 3.63) is 0 Å². The van der Waals surface area contributed by atoms with E-state index in [0.29, 0.717) is 13.0 Å². The molecule has 14 heavy (non-hydrogen) atoms. The van der Waals surface area contributed by atoms with E-state index in [-0.39, 0.29) is 31.9 Å². The van der Waals surface area contributed by atoms with Gasteiger partial charge in [0.1, 0.15) is 5.41 Å². The van der Waals surface area contributed by atoms with Gasteiger partial charge in [0.05, 0.1) is 12.6 Å². The van der Waals surface area contributed by atoms with Gasteiger partial charge in [-0.3, -0.25) is 4.79 Å². The third-order valence-corrected chi connectivity index (χ3v) is 2.28. The Morgan fingerprint density at radius 3 is 2.79 bits per heavy atom. The molecule has 0 spiro atoms. The molecule has 6 heteroatoms. The normalized spacial score (nSPS) is 26.2. The van der Waals surface area contributed by atoms with Crippen LogP contribution < -0.4 is 29.3 Å². The first-order valence-electron chi connectivity index (χ1n) is 4.12. The second-order valence-corrected chi connectivity index (χ2v) is 3.16. The van der Waals surface area contributed by atoms with E-state index >= 15 is 0 Å². The maximum atomic E-state index is 11.3. The van der Waals surface area contributed by atoms with Crippen molar-refractivity contribution in [3.63, 3.8) is 0 Å². The van der Waals surface area contributed by atoms with Gasteiger partial charge in [-0.2, -0.15) is 0 Å². The molecule has 1 atom stereocenters. The fraction of sp³-hybridized carbons (Fsp3) is 0.750. The molecule has 0 radical (unpaired) electrons. The molecule has 0 aromatic heterocycles. The number of hydrogen-bond donors (Lipinski definition) is 1. The Morgan fingerprint density at radius 1 is 1.71 bits per heavy atom. The molecule has 0 bridgehead atoms. The first kappa shape index (κ1) is 13.5. The molecule has 1 amide bonds. The van der Waals surface area contributed by atoms with Crippen molar-refractivity contribution in [2.45, 2.75) is 12.8 Å². The second-order valence-electron chi connectivity index (χ2n) is 3.16. The van der Waals surface area contributed by atoms with Crippen molar-refractivity contribution >= 4 is 11.9 Å². The van der Waals surface area contributed by atoms with Gasteiger partial charge < -0.3 is 20.0 Å². The van der Waals surface area contributed by atoms with Crippen molar-refractivity contribution in [1.82, 2.24) is 5.32 Å². The number of ether oxygens (including phenoxy) is 1. The van der Waals surface area contributed by atoms with Gasteiger partial charge in [-0.1, -0.05) is 0 Å². The number of piperidine rings is 1. The van der Waals surface area contributed by atoms with Crippen LogP contribution in [0.25, 0.3) is 0 Å². The predicted molar refractivity (Wildman–Crippen MR) is 41.6 cm³/mol. The minimum absolute atomic E-state index is 0. The van der Waals surface area contributed by atoms with Gasteiger partial charge in [-0.25, -0.2) is 0 Å². The maximum Gasteiger partial charge on any atom is 1.00 e. The van der Waals surface area contributed by atoms with Crippen LogP contribution in [0.2, 0.25) is 0 Å². The molecule has 74 valence electrons. The first-order valence-corrected chi connectivity index (χ1v) is 4.12. The number of methoxy groups -OCH3 is 1. The van der Waals surface area contributed by atoms with E-state index in [4.69, 9.17) is 4.74 Å². The van der Waals surface area contributed by atoms with Crippen LogP contribution in [0.5, 0.6) is 0 Å².